The van der Waals surface area contributed by atoms with Crippen LogP contribution in [0.1, 0.15) is 18.5 Å². The van der Waals surface area contributed by atoms with E-state index in [2.05, 4.69) is 0 Å². The first-order valence-electron chi connectivity index (χ1n) is 10.2. The highest BCUT2D eigenvalue weighted by Gasteiger charge is 2.51. The van der Waals surface area contributed by atoms with Crippen molar-refractivity contribution in [2.45, 2.75) is 19.1 Å². The number of methoxy groups -OCH3 is 2. The Balaban J connectivity index is 1.69. The third-order valence-electron chi connectivity index (χ3n) is 5.23. The smallest absolute Gasteiger partial charge is 0.271 e. The molecule has 0 bridgehead atoms. The Labute approximate surface area is 181 Å². The molecule has 0 aromatic heterocycles. The van der Waals surface area contributed by atoms with E-state index in [1.165, 1.54) is 0 Å². The maximum absolute atomic E-state index is 13.2. The lowest BCUT2D eigenvalue weighted by atomic mass is 9.89. The van der Waals surface area contributed by atoms with Gasteiger partial charge in [-0.05, 0) is 61.0 Å². The first kappa shape index (κ1) is 20.6. The molecule has 0 spiro atoms. The van der Waals surface area contributed by atoms with Crippen molar-refractivity contribution in [1.82, 2.24) is 0 Å². The minimum Gasteiger partial charge on any atom is -0.494 e. The van der Waals surface area contributed by atoms with Crippen molar-refractivity contribution < 1.29 is 23.7 Å². The number of para-hydroxylation sites is 1. The summed E-state index contributed by atoms with van der Waals surface area (Å²) in [5, 5.41) is 0. The van der Waals surface area contributed by atoms with Crippen LogP contribution in [-0.2, 0) is 4.79 Å². The van der Waals surface area contributed by atoms with Crippen LogP contribution in [0.15, 0.2) is 72.8 Å². The average molecular weight is 419 g/mol. The summed E-state index contributed by atoms with van der Waals surface area (Å²) >= 11 is 0. The third-order valence-corrected chi connectivity index (χ3v) is 5.23. The first-order chi connectivity index (χ1) is 15.2. The quantitative estimate of drug-likeness (QED) is 0.498. The highest BCUT2D eigenvalue weighted by Crippen LogP contribution is 2.43. The standard InChI is InChI=1S/C25H25NO5/c1-4-30-19-13-11-18(12-14-19)26-23(17-10-15-21(28-2)22(16-17)29-3)24(25(26)27)31-20-8-6-5-7-9-20/h5-16,23-24H,4H2,1-3H3/t23-,24+/m1/s1. The van der Waals surface area contributed by atoms with Crippen LogP contribution in [0.3, 0.4) is 0 Å². The molecule has 1 aliphatic heterocycles. The highest BCUT2D eigenvalue weighted by molar-refractivity contribution is 6.05. The monoisotopic (exact) mass is 419 g/mol. The molecule has 3 aromatic rings. The molecule has 31 heavy (non-hydrogen) atoms. The van der Waals surface area contributed by atoms with Crippen molar-refractivity contribution in [1.29, 1.82) is 0 Å². The van der Waals surface area contributed by atoms with E-state index in [9.17, 15) is 4.79 Å². The summed E-state index contributed by atoms with van der Waals surface area (Å²) < 4.78 is 22.5. The summed E-state index contributed by atoms with van der Waals surface area (Å²) in [7, 11) is 3.19. The predicted octanol–water partition coefficient (Wildman–Crippen LogP) is 4.64. The van der Waals surface area contributed by atoms with Crippen LogP contribution in [0.25, 0.3) is 0 Å². The van der Waals surface area contributed by atoms with Crippen LogP contribution in [0.2, 0.25) is 0 Å². The number of hydrogen-bond donors (Lipinski definition) is 0. The molecular weight excluding hydrogens is 394 g/mol. The van der Waals surface area contributed by atoms with Crippen molar-refractivity contribution in [3.8, 4) is 23.0 Å². The second-order valence-electron chi connectivity index (χ2n) is 7.05. The Kier molecular flexibility index (Phi) is 5.98. The molecule has 160 valence electrons. The van der Waals surface area contributed by atoms with Gasteiger partial charge >= 0.3 is 0 Å². The Morgan fingerprint density at radius 3 is 2.19 bits per heavy atom. The Morgan fingerprint density at radius 1 is 0.839 bits per heavy atom. The Bertz CT molecular complexity index is 1040. The molecule has 0 saturated carbocycles. The van der Waals surface area contributed by atoms with Crippen LogP contribution in [-0.4, -0.2) is 32.8 Å². The number of amides is 1. The number of benzene rings is 3. The molecule has 6 nitrogen and oxygen atoms in total. The molecule has 1 aliphatic rings. The fourth-order valence-electron chi connectivity index (χ4n) is 3.74. The van der Waals surface area contributed by atoms with E-state index in [0.29, 0.717) is 23.9 Å². The molecule has 0 radical (unpaired) electrons. The highest BCUT2D eigenvalue weighted by atomic mass is 16.5. The van der Waals surface area contributed by atoms with Crippen molar-refractivity contribution in [3.05, 3.63) is 78.4 Å². The largest absolute Gasteiger partial charge is 0.494 e. The minimum atomic E-state index is -0.646. The third kappa shape index (κ3) is 4.01. The van der Waals surface area contributed by atoms with Gasteiger partial charge in [0, 0.05) is 5.69 Å². The number of rotatable bonds is 8. The van der Waals surface area contributed by atoms with Gasteiger partial charge in [0.2, 0.25) is 6.10 Å². The summed E-state index contributed by atoms with van der Waals surface area (Å²) in [5.74, 6) is 2.54. The van der Waals surface area contributed by atoms with Gasteiger partial charge in [-0.2, -0.15) is 0 Å². The molecule has 0 N–H and O–H groups in total. The van der Waals surface area contributed by atoms with E-state index in [1.54, 1.807) is 19.1 Å². The van der Waals surface area contributed by atoms with Crippen LogP contribution in [0.4, 0.5) is 5.69 Å². The molecule has 1 heterocycles. The summed E-state index contributed by atoms with van der Waals surface area (Å²) in [5.41, 5.74) is 1.67. The molecule has 1 saturated heterocycles. The zero-order valence-electron chi connectivity index (χ0n) is 17.8. The maximum atomic E-state index is 13.2. The molecular formula is C25H25NO5. The van der Waals surface area contributed by atoms with Crippen molar-refractivity contribution in [3.63, 3.8) is 0 Å². The molecule has 4 rings (SSSR count). The number of carbonyl (C=O) groups is 1. The molecule has 1 fully saturated rings. The second kappa shape index (κ2) is 9.00. The number of carbonyl (C=O) groups excluding carboxylic acids is 1. The van der Waals surface area contributed by atoms with Crippen molar-refractivity contribution >= 4 is 11.6 Å². The normalized spacial score (nSPS) is 17.6. The Hall–Kier alpha value is -3.67. The van der Waals surface area contributed by atoms with Crippen molar-refractivity contribution in [2.24, 2.45) is 0 Å². The lowest BCUT2D eigenvalue weighted by Gasteiger charge is -2.46. The Morgan fingerprint density at radius 2 is 1.55 bits per heavy atom. The summed E-state index contributed by atoms with van der Waals surface area (Å²) in [6.45, 7) is 2.52. The van der Waals surface area contributed by atoms with Gasteiger partial charge in [0.15, 0.2) is 11.5 Å². The second-order valence-corrected chi connectivity index (χ2v) is 7.05. The van der Waals surface area contributed by atoms with Gasteiger partial charge in [-0.3, -0.25) is 9.69 Å². The fourth-order valence-corrected chi connectivity index (χ4v) is 3.74. The van der Waals surface area contributed by atoms with Crippen LogP contribution >= 0.6 is 0 Å². The number of nitrogens with zero attached hydrogens (tertiary/aromatic N) is 1. The van der Waals surface area contributed by atoms with E-state index in [4.69, 9.17) is 18.9 Å². The topological polar surface area (TPSA) is 57.2 Å². The number of β-lactam (4-membered cyclic amide) rings is 1. The van der Waals surface area contributed by atoms with Gasteiger partial charge in [0.05, 0.1) is 20.8 Å². The fraction of sp³-hybridized carbons (Fsp3) is 0.240. The molecule has 3 aromatic carbocycles. The first-order valence-corrected chi connectivity index (χ1v) is 10.2. The van der Waals surface area contributed by atoms with Gasteiger partial charge in [0.25, 0.3) is 5.91 Å². The van der Waals surface area contributed by atoms with Gasteiger partial charge in [0.1, 0.15) is 17.5 Å². The lowest BCUT2D eigenvalue weighted by Crippen LogP contribution is -2.61. The minimum absolute atomic E-state index is 0.104. The van der Waals surface area contributed by atoms with Gasteiger partial charge in [-0.15, -0.1) is 0 Å². The summed E-state index contributed by atoms with van der Waals surface area (Å²) in [6, 6.07) is 22.2. The van der Waals surface area contributed by atoms with Crippen LogP contribution in [0, 0.1) is 0 Å². The number of ether oxygens (including phenoxy) is 4. The SMILES string of the molecule is CCOc1ccc(N2C(=O)[C@@H](Oc3ccccc3)[C@H]2c2ccc(OC)c(OC)c2)cc1. The molecule has 6 heteroatoms. The van der Waals surface area contributed by atoms with E-state index in [0.717, 1.165) is 17.0 Å². The summed E-state index contributed by atoms with van der Waals surface area (Å²) in [6.07, 6.45) is -0.646. The maximum Gasteiger partial charge on any atom is 0.271 e. The molecule has 1 amide bonds. The van der Waals surface area contributed by atoms with Crippen LogP contribution in [0.5, 0.6) is 23.0 Å². The van der Waals surface area contributed by atoms with Gasteiger partial charge in [-0.25, -0.2) is 0 Å². The van der Waals surface area contributed by atoms with E-state index >= 15 is 0 Å². The zero-order valence-corrected chi connectivity index (χ0v) is 17.8. The average Bonchev–Trinajstić information content (AvgIpc) is 2.82. The van der Waals surface area contributed by atoms with E-state index < -0.39 is 6.10 Å². The number of anilines is 1. The summed E-state index contributed by atoms with van der Waals surface area (Å²) in [4.78, 5) is 14.9. The molecule has 0 aliphatic carbocycles. The van der Waals surface area contributed by atoms with E-state index in [-0.39, 0.29) is 11.9 Å². The van der Waals surface area contributed by atoms with Gasteiger partial charge < -0.3 is 18.9 Å². The lowest BCUT2D eigenvalue weighted by molar-refractivity contribution is -0.135. The van der Waals surface area contributed by atoms with Crippen LogP contribution < -0.4 is 23.8 Å². The van der Waals surface area contributed by atoms with Crippen molar-refractivity contribution in [2.75, 3.05) is 25.7 Å². The number of hydrogen-bond acceptors (Lipinski definition) is 5. The molecule has 2 atom stereocenters. The molecule has 0 unspecified atom stereocenters. The van der Waals surface area contributed by atoms with Gasteiger partial charge in [-0.1, -0.05) is 24.3 Å². The zero-order chi connectivity index (χ0) is 21.8. The van der Waals surface area contributed by atoms with E-state index in [1.807, 2.05) is 79.7 Å². The predicted molar refractivity (Wildman–Crippen MR) is 118 cm³/mol.